The Bertz CT molecular complexity index is 150. The average Bonchev–Trinajstić information content (AvgIpc) is 2.97. The van der Waals surface area contributed by atoms with Gasteiger partial charge in [0.1, 0.15) is 0 Å². The predicted molar refractivity (Wildman–Crippen MR) is 60.5 cm³/mol. The van der Waals surface area contributed by atoms with Crippen molar-refractivity contribution in [3.05, 3.63) is 0 Å². The zero-order chi connectivity index (χ0) is 10.4. The predicted octanol–water partition coefficient (Wildman–Crippen LogP) is 2.58. The van der Waals surface area contributed by atoms with Gasteiger partial charge in [-0.05, 0) is 37.5 Å². The number of rotatable bonds is 8. The van der Waals surface area contributed by atoms with Crippen LogP contribution in [0, 0.1) is 5.41 Å². The number of methoxy groups -OCH3 is 1. The van der Waals surface area contributed by atoms with E-state index in [1.54, 1.807) is 7.11 Å². The number of ether oxygens (including phenoxy) is 1. The first-order valence-electron chi connectivity index (χ1n) is 5.98. The molecule has 0 unspecified atom stereocenters. The summed E-state index contributed by atoms with van der Waals surface area (Å²) >= 11 is 0. The van der Waals surface area contributed by atoms with Crippen molar-refractivity contribution in [2.75, 3.05) is 20.3 Å². The van der Waals surface area contributed by atoms with Gasteiger partial charge in [0.05, 0.1) is 0 Å². The Kier molecular flexibility index (Phi) is 4.90. The van der Waals surface area contributed by atoms with E-state index in [-0.39, 0.29) is 0 Å². The normalized spacial score (nSPS) is 18.9. The van der Waals surface area contributed by atoms with E-state index in [1.807, 2.05) is 0 Å². The Labute approximate surface area is 88.4 Å². The van der Waals surface area contributed by atoms with Crippen LogP contribution in [0.4, 0.5) is 0 Å². The Hall–Kier alpha value is -0.0800. The molecular formula is C12H25NO. The molecule has 0 aromatic heterocycles. The second kappa shape index (κ2) is 5.72. The summed E-state index contributed by atoms with van der Waals surface area (Å²) in [5.41, 5.74) is 0.596. The van der Waals surface area contributed by atoms with Crippen LogP contribution >= 0.6 is 0 Å². The SMILES string of the molecule is CCC(CC)NCC1(CCOC)CC1. The summed E-state index contributed by atoms with van der Waals surface area (Å²) in [7, 11) is 1.80. The second-order valence-corrected chi connectivity index (χ2v) is 4.64. The molecule has 0 aromatic carbocycles. The minimum Gasteiger partial charge on any atom is -0.385 e. The van der Waals surface area contributed by atoms with Gasteiger partial charge >= 0.3 is 0 Å². The van der Waals surface area contributed by atoms with Crippen LogP contribution in [0.25, 0.3) is 0 Å². The van der Waals surface area contributed by atoms with E-state index in [4.69, 9.17) is 4.74 Å². The lowest BCUT2D eigenvalue weighted by atomic mass is 10.0. The van der Waals surface area contributed by atoms with E-state index in [0.29, 0.717) is 5.41 Å². The molecule has 0 amide bonds. The van der Waals surface area contributed by atoms with Gasteiger partial charge in [0.2, 0.25) is 0 Å². The Morgan fingerprint density at radius 1 is 1.29 bits per heavy atom. The maximum absolute atomic E-state index is 5.15. The highest BCUT2D eigenvalue weighted by Crippen LogP contribution is 2.48. The van der Waals surface area contributed by atoms with Crippen molar-refractivity contribution < 1.29 is 4.74 Å². The average molecular weight is 199 g/mol. The molecule has 1 saturated carbocycles. The van der Waals surface area contributed by atoms with Crippen molar-refractivity contribution in [3.8, 4) is 0 Å². The lowest BCUT2D eigenvalue weighted by molar-refractivity contribution is 0.170. The van der Waals surface area contributed by atoms with Gasteiger partial charge in [-0.25, -0.2) is 0 Å². The van der Waals surface area contributed by atoms with Gasteiger partial charge in [0.15, 0.2) is 0 Å². The van der Waals surface area contributed by atoms with Crippen molar-refractivity contribution in [2.24, 2.45) is 5.41 Å². The fraction of sp³-hybridized carbons (Fsp3) is 1.00. The third-order valence-electron chi connectivity index (χ3n) is 3.54. The summed E-state index contributed by atoms with van der Waals surface area (Å²) < 4.78 is 5.15. The highest BCUT2D eigenvalue weighted by Gasteiger charge is 2.41. The van der Waals surface area contributed by atoms with Crippen molar-refractivity contribution in [2.45, 2.75) is 52.0 Å². The Morgan fingerprint density at radius 2 is 1.93 bits per heavy atom. The number of nitrogens with one attached hydrogen (secondary N) is 1. The molecule has 0 atom stereocenters. The first kappa shape index (κ1) is 12.0. The first-order valence-corrected chi connectivity index (χ1v) is 5.98. The van der Waals surface area contributed by atoms with Crippen LogP contribution in [-0.2, 0) is 4.74 Å². The molecule has 0 saturated heterocycles. The molecule has 1 rings (SSSR count). The van der Waals surface area contributed by atoms with Crippen LogP contribution < -0.4 is 5.32 Å². The molecule has 0 bridgehead atoms. The lowest BCUT2D eigenvalue weighted by Gasteiger charge is -2.20. The van der Waals surface area contributed by atoms with Gasteiger partial charge in [-0.3, -0.25) is 0 Å². The van der Waals surface area contributed by atoms with Gasteiger partial charge in [0.25, 0.3) is 0 Å². The van der Waals surface area contributed by atoms with E-state index in [2.05, 4.69) is 19.2 Å². The second-order valence-electron chi connectivity index (χ2n) is 4.64. The summed E-state index contributed by atoms with van der Waals surface area (Å²) in [6.07, 6.45) is 6.51. The van der Waals surface area contributed by atoms with E-state index >= 15 is 0 Å². The molecule has 0 heterocycles. The standard InChI is InChI=1S/C12H25NO/c1-4-11(5-2)13-10-12(6-7-12)8-9-14-3/h11,13H,4-10H2,1-3H3. The maximum Gasteiger partial charge on any atom is 0.0468 e. The molecule has 0 radical (unpaired) electrons. The van der Waals surface area contributed by atoms with Gasteiger partial charge in [-0.1, -0.05) is 13.8 Å². The zero-order valence-electron chi connectivity index (χ0n) is 9.94. The minimum absolute atomic E-state index is 0.596. The van der Waals surface area contributed by atoms with Crippen molar-refractivity contribution >= 4 is 0 Å². The Morgan fingerprint density at radius 3 is 2.36 bits per heavy atom. The molecule has 1 aliphatic carbocycles. The molecule has 0 aliphatic heterocycles. The number of hydrogen-bond acceptors (Lipinski definition) is 2. The number of hydrogen-bond donors (Lipinski definition) is 1. The third-order valence-corrected chi connectivity index (χ3v) is 3.54. The van der Waals surface area contributed by atoms with Gasteiger partial charge < -0.3 is 10.1 Å². The summed E-state index contributed by atoms with van der Waals surface area (Å²) in [4.78, 5) is 0. The zero-order valence-corrected chi connectivity index (χ0v) is 9.94. The van der Waals surface area contributed by atoms with Crippen LogP contribution in [0.3, 0.4) is 0 Å². The monoisotopic (exact) mass is 199 g/mol. The van der Waals surface area contributed by atoms with Crippen molar-refractivity contribution in [1.29, 1.82) is 0 Å². The van der Waals surface area contributed by atoms with E-state index in [1.165, 1.54) is 38.6 Å². The van der Waals surface area contributed by atoms with Crippen LogP contribution in [0.1, 0.15) is 46.0 Å². The summed E-state index contributed by atoms with van der Waals surface area (Å²) in [5.74, 6) is 0. The summed E-state index contributed by atoms with van der Waals surface area (Å²) in [6, 6.07) is 0.718. The molecule has 1 aliphatic rings. The van der Waals surface area contributed by atoms with Gasteiger partial charge in [0, 0.05) is 26.3 Å². The molecule has 0 aromatic rings. The van der Waals surface area contributed by atoms with E-state index in [9.17, 15) is 0 Å². The molecule has 14 heavy (non-hydrogen) atoms. The smallest absolute Gasteiger partial charge is 0.0468 e. The minimum atomic E-state index is 0.596. The molecule has 84 valence electrons. The van der Waals surface area contributed by atoms with Crippen molar-refractivity contribution in [1.82, 2.24) is 5.32 Å². The van der Waals surface area contributed by atoms with Gasteiger partial charge in [-0.2, -0.15) is 0 Å². The molecule has 1 N–H and O–H groups in total. The van der Waals surface area contributed by atoms with Crippen LogP contribution in [0.5, 0.6) is 0 Å². The van der Waals surface area contributed by atoms with Crippen LogP contribution in [-0.4, -0.2) is 26.3 Å². The van der Waals surface area contributed by atoms with E-state index in [0.717, 1.165) is 12.6 Å². The molecular weight excluding hydrogens is 174 g/mol. The lowest BCUT2D eigenvalue weighted by Crippen LogP contribution is -2.33. The summed E-state index contributed by atoms with van der Waals surface area (Å²) in [6.45, 7) is 6.64. The summed E-state index contributed by atoms with van der Waals surface area (Å²) in [5, 5.41) is 3.68. The molecule has 2 heteroatoms. The van der Waals surface area contributed by atoms with Crippen molar-refractivity contribution in [3.63, 3.8) is 0 Å². The molecule has 1 fully saturated rings. The largest absolute Gasteiger partial charge is 0.385 e. The van der Waals surface area contributed by atoms with Gasteiger partial charge in [-0.15, -0.1) is 0 Å². The maximum atomic E-state index is 5.15. The topological polar surface area (TPSA) is 21.3 Å². The highest BCUT2D eigenvalue weighted by molar-refractivity contribution is 4.95. The first-order chi connectivity index (χ1) is 6.76. The highest BCUT2D eigenvalue weighted by atomic mass is 16.5. The molecule has 0 spiro atoms. The van der Waals surface area contributed by atoms with Crippen LogP contribution in [0.15, 0.2) is 0 Å². The quantitative estimate of drug-likeness (QED) is 0.649. The Balaban J connectivity index is 2.16. The molecule has 2 nitrogen and oxygen atoms in total. The fourth-order valence-electron chi connectivity index (χ4n) is 1.95. The third kappa shape index (κ3) is 3.58. The van der Waals surface area contributed by atoms with E-state index < -0.39 is 0 Å². The van der Waals surface area contributed by atoms with Crippen LogP contribution in [0.2, 0.25) is 0 Å². The fourth-order valence-corrected chi connectivity index (χ4v) is 1.95.